The topological polar surface area (TPSA) is 103 Å². The molecule has 36 heavy (non-hydrogen) atoms. The first-order chi connectivity index (χ1) is 17.6. The van der Waals surface area contributed by atoms with Crippen molar-refractivity contribution >= 4 is 22.8 Å². The largest absolute Gasteiger partial charge is 0.481 e. The highest BCUT2D eigenvalue weighted by molar-refractivity contribution is 5.91. The predicted octanol–water partition coefficient (Wildman–Crippen LogP) is 6.31. The third-order valence-corrected chi connectivity index (χ3v) is 6.42. The second kappa shape index (κ2) is 12.8. The number of aromatic nitrogens is 3. The Kier molecular flexibility index (Phi) is 9.05. The van der Waals surface area contributed by atoms with Crippen LogP contribution >= 0.6 is 0 Å². The van der Waals surface area contributed by atoms with Crippen LogP contribution in [0.4, 0.5) is 5.82 Å². The van der Waals surface area contributed by atoms with Crippen LogP contribution in [0.3, 0.4) is 0 Å². The molecule has 0 radical (unpaired) electrons. The molecule has 0 saturated heterocycles. The molecule has 2 aromatic heterocycles. The summed E-state index contributed by atoms with van der Waals surface area (Å²) in [4.78, 5) is 22.9. The number of aliphatic carboxylic acids is 1. The number of aromatic amines is 1. The smallest absolute Gasteiger partial charge is 0.303 e. The lowest BCUT2D eigenvalue weighted by Gasteiger charge is -2.15. The van der Waals surface area contributed by atoms with Gasteiger partial charge in [-0.05, 0) is 49.1 Å². The summed E-state index contributed by atoms with van der Waals surface area (Å²) in [5.74, 6) is 0.123. The van der Waals surface area contributed by atoms with Crippen LogP contribution in [0.2, 0.25) is 0 Å². The molecule has 4 aromatic rings. The van der Waals surface area contributed by atoms with Crippen molar-refractivity contribution in [3.8, 4) is 11.3 Å². The molecule has 0 aliphatic carbocycles. The van der Waals surface area contributed by atoms with Crippen LogP contribution in [0.15, 0.2) is 67.0 Å². The van der Waals surface area contributed by atoms with E-state index in [2.05, 4.69) is 75.0 Å². The van der Waals surface area contributed by atoms with E-state index in [1.807, 2.05) is 18.2 Å². The van der Waals surface area contributed by atoms with Crippen molar-refractivity contribution in [3.05, 3.63) is 78.1 Å². The summed E-state index contributed by atoms with van der Waals surface area (Å²) < 4.78 is 0. The minimum absolute atomic E-state index is 0.131. The predicted molar refractivity (Wildman–Crippen MR) is 145 cm³/mol. The van der Waals surface area contributed by atoms with Crippen LogP contribution < -0.4 is 10.6 Å². The van der Waals surface area contributed by atoms with Crippen molar-refractivity contribution in [2.75, 3.05) is 11.9 Å². The maximum Gasteiger partial charge on any atom is 0.303 e. The third kappa shape index (κ3) is 7.15. The van der Waals surface area contributed by atoms with Crippen molar-refractivity contribution in [1.29, 1.82) is 0 Å². The van der Waals surface area contributed by atoms with Gasteiger partial charge in [-0.15, -0.1) is 0 Å². The summed E-state index contributed by atoms with van der Waals surface area (Å²) in [5, 5.41) is 16.7. The number of carboxylic acid groups (broad SMARTS) is 1. The van der Waals surface area contributed by atoms with Gasteiger partial charge in [-0.2, -0.15) is 0 Å². The summed E-state index contributed by atoms with van der Waals surface area (Å²) in [6.07, 6.45) is 7.00. The molecule has 7 heteroatoms. The molecular formula is C29H35N5O2. The molecule has 0 saturated carbocycles. The average molecular weight is 486 g/mol. The lowest BCUT2D eigenvalue weighted by molar-refractivity contribution is -0.137. The van der Waals surface area contributed by atoms with Crippen LogP contribution in [0.5, 0.6) is 0 Å². The molecule has 0 aliphatic rings. The van der Waals surface area contributed by atoms with Gasteiger partial charge in [-0.3, -0.25) is 4.79 Å². The number of carbonyl (C=O) groups is 1. The van der Waals surface area contributed by atoms with Gasteiger partial charge in [0.1, 0.15) is 17.8 Å². The van der Waals surface area contributed by atoms with Crippen molar-refractivity contribution in [3.63, 3.8) is 0 Å². The molecule has 2 aromatic carbocycles. The highest BCUT2D eigenvalue weighted by atomic mass is 16.4. The van der Waals surface area contributed by atoms with Crippen molar-refractivity contribution in [1.82, 2.24) is 20.3 Å². The first-order valence-electron chi connectivity index (χ1n) is 12.8. The van der Waals surface area contributed by atoms with E-state index in [0.717, 1.165) is 73.3 Å². The van der Waals surface area contributed by atoms with Gasteiger partial charge in [0.15, 0.2) is 0 Å². The van der Waals surface area contributed by atoms with Crippen LogP contribution in [0.1, 0.15) is 62.6 Å². The molecule has 1 atom stereocenters. The summed E-state index contributed by atoms with van der Waals surface area (Å²) in [5.41, 5.74) is 5.40. The highest BCUT2D eigenvalue weighted by Gasteiger charge is 2.12. The van der Waals surface area contributed by atoms with Crippen LogP contribution in [-0.2, 0) is 11.3 Å². The lowest BCUT2D eigenvalue weighted by atomic mass is 10.1. The van der Waals surface area contributed by atoms with Gasteiger partial charge in [0, 0.05) is 24.7 Å². The van der Waals surface area contributed by atoms with Crippen molar-refractivity contribution < 1.29 is 9.90 Å². The van der Waals surface area contributed by atoms with E-state index in [1.165, 1.54) is 11.1 Å². The summed E-state index contributed by atoms with van der Waals surface area (Å²) >= 11 is 0. The molecule has 7 nitrogen and oxygen atoms in total. The number of anilines is 1. The van der Waals surface area contributed by atoms with E-state index < -0.39 is 5.97 Å². The van der Waals surface area contributed by atoms with Crippen LogP contribution in [0, 0.1) is 0 Å². The number of nitrogens with zero attached hydrogens (tertiary/aromatic N) is 2. The zero-order chi connectivity index (χ0) is 25.2. The van der Waals surface area contributed by atoms with Gasteiger partial charge >= 0.3 is 5.97 Å². The fourth-order valence-electron chi connectivity index (χ4n) is 4.33. The number of hydrogen-bond donors (Lipinski definition) is 4. The number of hydrogen-bond acceptors (Lipinski definition) is 5. The number of benzene rings is 2. The standard InChI is InChI=1S/C29H35N5O2/c1-21(23-10-6-5-7-11-23)33-28-25-18-26(34-29(25)32-20-31-28)24-15-13-22(14-16-24)19-30-17-9-4-2-3-8-12-27(35)36/h5-7,10-11,13-16,18,20-21,30H,2-4,8-9,12,17,19H2,1H3,(H,35,36)(H2,31,32,33,34). The number of H-pyrrole nitrogens is 1. The van der Waals surface area contributed by atoms with Gasteiger partial charge in [0.05, 0.1) is 5.39 Å². The number of rotatable bonds is 14. The van der Waals surface area contributed by atoms with E-state index in [9.17, 15) is 4.79 Å². The van der Waals surface area contributed by atoms with Gasteiger partial charge in [-0.25, -0.2) is 9.97 Å². The quantitative estimate of drug-likeness (QED) is 0.156. The molecule has 4 rings (SSSR count). The number of fused-ring (bicyclic) bond motifs is 1. The Labute approximate surface area is 212 Å². The minimum atomic E-state index is -0.698. The minimum Gasteiger partial charge on any atom is -0.481 e. The zero-order valence-corrected chi connectivity index (χ0v) is 20.8. The van der Waals surface area contributed by atoms with Gasteiger partial charge in [0.25, 0.3) is 0 Å². The molecule has 0 amide bonds. The fraction of sp³-hybridized carbons (Fsp3) is 0.345. The molecule has 188 valence electrons. The average Bonchev–Trinajstić information content (AvgIpc) is 3.34. The first-order valence-corrected chi connectivity index (χ1v) is 12.8. The molecule has 0 fully saturated rings. The summed E-state index contributed by atoms with van der Waals surface area (Å²) in [7, 11) is 0. The number of carboxylic acids is 1. The second-order valence-corrected chi connectivity index (χ2v) is 9.23. The van der Waals surface area contributed by atoms with E-state index in [0.29, 0.717) is 0 Å². The molecule has 2 heterocycles. The van der Waals surface area contributed by atoms with Gasteiger partial charge in [0.2, 0.25) is 0 Å². The van der Waals surface area contributed by atoms with E-state index in [-0.39, 0.29) is 12.5 Å². The Morgan fingerprint density at radius 2 is 1.72 bits per heavy atom. The highest BCUT2D eigenvalue weighted by Crippen LogP contribution is 2.29. The lowest BCUT2D eigenvalue weighted by Crippen LogP contribution is -2.14. The fourth-order valence-corrected chi connectivity index (χ4v) is 4.33. The molecular weight excluding hydrogens is 450 g/mol. The molecule has 0 aliphatic heterocycles. The van der Waals surface area contributed by atoms with Gasteiger partial charge < -0.3 is 20.7 Å². The normalized spacial score (nSPS) is 12.0. The summed E-state index contributed by atoms with van der Waals surface area (Å²) in [6, 6.07) is 21.2. The third-order valence-electron chi connectivity index (χ3n) is 6.42. The molecule has 0 bridgehead atoms. The van der Waals surface area contributed by atoms with Gasteiger partial charge in [-0.1, -0.05) is 73.9 Å². The van der Waals surface area contributed by atoms with E-state index in [4.69, 9.17) is 5.11 Å². The monoisotopic (exact) mass is 485 g/mol. The molecule has 0 spiro atoms. The van der Waals surface area contributed by atoms with E-state index in [1.54, 1.807) is 6.33 Å². The SMILES string of the molecule is CC(Nc1ncnc2[nH]c(-c3ccc(CNCCCCCCCC(=O)O)cc3)cc12)c1ccccc1. The second-order valence-electron chi connectivity index (χ2n) is 9.23. The molecule has 4 N–H and O–H groups in total. The zero-order valence-electron chi connectivity index (χ0n) is 20.8. The Hall–Kier alpha value is -3.71. The number of unbranched alkanes of at least 4 members (excludes halogenated alkanes) is 4. The Morgan fingerprint density at radius 3 is 2.50 bits per heavy atom. The van der Waals surface area contributed by atoms with Crippen LogP contribution in [-0.4, -0.2) is 32.6 Å². The Balaban J connectivity index is 1.29. The van der Waals surface area contributed by atoms with E-state index >= 15 is 0 Å². The number of nitrogens with one attached hydrogen (secondary N) is 3. The maximum absolute atomic E-state index is 10.5. The maximum atomic E-state index is 10.5. The Morgan fingerprint density at radius 1 is 0.972 bits per heavy atom. The van der Waals surface area contributed by atoms with Crippen molar-refractivity contribution in [2.45, 2.75) is 58.0 Å². The Bertz CT molecular complexity index is 1240. The molecule has 1 unspecified atom stereocenters. The van der Waals surface area contributed by atoms with Crippen molar-refractivity contribution in [2.24, 2.45) is 0 Å². The van der Waals surface area contributed by atoms with Crippen LogP contribution in [0.25, 0.3) is 22.3 Å². The summed E-state index contributed by atoms with van der Waals surface area (Å²) in [6.45, 7) is 3.94. The first kappa shape index (κ1) is 25.4.